The van der Waals surface area contributed by atoms with Crippen LogP contribution in [0.1, 0.15) is 24.2 Å². The lowest BCUT2D eigenvalue weighted by atomic mass is 10.1. The summed E-state index contributed by atoms with van der Waals surface area (Å²) in [5, 5.41) is 3.41. The van der Waals surface area contributed by atoms with Crippen molar-refractivity contribution >= 4 is 5.91 Å². The minimum atomic E-state index is -0.482. The summed E-state index contributed by atoms with van der Waals surface area (Å²) in [6.07, 6.45) is 1.79. The Labute approximate surface area is 124 Å². The summed E-state index contributed by atoms with van der Waals surface area (Å²) < 4.78 is 5.21. The van der Waals surface area contributed by atoms with Crippen LogP contribution in [0.3, 0.4) is 0 Å². The summed E-state index contributed by atoms with van der Waals surface area (Å²) >= 11 is 0. The van der Waals surface area contributed by atoms with Gasteiger partial charge in [0.15, 0.2) is 6.61 Å². The summed E-state index contributed by atoms with van der Waals surface area (Å²) in [4.78, 5) is 15.0. The molecule has 1 aromatic heterocycles. The van der Waals surface area contributed by atoms with E-state index in [1.165, 1.54) is 0 Å². The normalized spacial score (nSPS) is 11.9. The Morgan fingerprint density at radius 2 is 2.05 bits per heavy atom. The van der Waals surface area contributed by atoms with E-state index >= 15 is 0 Å². The minimum Gasteiger partial charge on any atom is -0.484 e. The smallest absolute Gasteiger partial charge is 0.255 e. The number of ether oxygens (including phenoxy) is 1. The van der Waals surface area contributed by atoms with E-state index in [9.17, 15) is 4.79 Å². The van der Waals surface area contributed by atoms with Gasteiger partial charge in [-0.25, -0.2) is 0 Å². The highest BCUT2D eigenvalue weighted by Gasteiger charge is 2.05. The average molecular weight is 285 g/mol. The van der Waals surface area contributed by atoms with Gasteiger partial charge in [-0.2, -0.15) is 0 Å². The lowest BCUT2D eigenvalue weighted by Crippen LogP contribution is -2.20. The molecular weight excluding hydrogens is 266 g/mol. The number of nitrogens with one attached hydrogen (secondary N) is 1. The highest BCUT2D eigenvalue weighted by molar-refractivity contribution is 5.75. The average Bonchev–Trinajstić information content (AvgIpc) is 2.52. The molecule has 3 N–H and O–H groups in total. The van der Waals surface area contributed by atoms with Crippen LogP contribution in [0.25, 0.3) is 0 Å². The summed E-state index contributed by atoms with van der Waals surface area (Å²) in [5.74, 6) is 0.153. The molecule has 1 amide bonds. The number of primary amides is 1. The van der Waals surface area contributed by atoms with Gasteiger partial charge < -0.3 is 15.8 Å². The summed E-state index contributed by atoms with van der Waals surface area (Å²) in [6.45, 7) is 2.70. The molecule has 0 saturated carbocycles. The van der Waals surface area contributed by atoms with Crippen LogP contribution < -0.4 is 15.8 Å². The second kappa shape index (κ2) is 7.40. The topological polar surface area (TPSA) is 77.2 Å². The number of nitrogens with zero attached hydrogens (tertiary/aromatic N) is 1. The fourth-order valence-electron chi connectivity index (χ4n) is 1.87. The Bertz CT molecular complexity index is 570. The number of benzene rings is 1. The van der Waals surface area contributed by atoms with Crippen molar-refractivity contribution in [1.29, 1.82) is 0 Å². The number of nitrogens with two attached hydrogens (primary N) is 1. The van der Waals surface area contributed by atoms with E-state index in [-0.39, 0.29) is 12.6 Å². The van der Waals surface area contributed by atoms with Gasteiger partial charge in [-0.1, -0.05) is 18.2 Å². The molecule has 5 nitrogen and oxygen atoms in total. The SMILES string of the molecule is C[C@@H](NCc1ccc(OCC(N)=O)cc1)c1ccccn1. The van der Waals surface area contributed by atoms with Gasteiger partial charge in [0, 0.05) is 18.8 Å². The molecule has 1 aromatic carbocycles. The molecule has 2 rings (SSSR count). The zero-order valence-electron chi connectivity index (χ0n) is 12.0. The van der Waals surface area contributed by atoms with Crippen LogP contribution >= 0.6 is 0 Å². The highest BCUT2D eigenvalue weighted by atomic mass is 16.5. The largest absolute Gasteiger partial charge is 0.484 e. The monoisotopic (exact) mass is 285 g/mol. The van der Waals surface area contributed by atoms with Gasteiger partial charge in [0.1, 0.15) is 5.75 Å². The van der Waals surface area contributed by atoms with Crippen molar-refractivity contribution in [2.45, 2.75) is 19.5 Å². The fraction of sp³-hybridized carbons (Fsp3) is 0.250. The minimum absolute atomic E-state index is 0.103. The number of hydrogen-bond donors (Lipinski definition) is 2. The molecule has 0 fully saturated rings. The molecule has 2 aromatic rings. The van der Waals surface area contributed by atoms with Crippen molar-refractivity contribution in [3.8, 4) is 5.75 Å². The number of pyridine rings is 1. The molecule has 21 heavy (non-hydrogen) atoms. The number of rotatable bonds is 7. The van der Waals surface area contributed by atoms with Crippen molar-refractivity contribution in [2.75, 3.05) is 6.61 Å². The molecule has 0 unspecified atom stereocenters. The van der Waals surface area contributed by atoms with Crippen molar-refractivity contribution in [1.82, 2.24) is 10.3 Å². The predicted molar refractivity (Wildman–Crippen MR) is 80.6 cm³/mol. The van der Waals surface area contributed by atoms with Crippen LogP contribution in [0.2, 0.25) is 0 Å². The van der Waals surface area contributed by atoms with E-state index in [1.807, 2.05) is 42.5 Å². The maximum Gasteiger partial charge on any atom is 0.255 e. The molecule has 0 aliphatic carbocycles. The summed E-state index contributed by atoms with van der Waals surface area (Å²) in [5.41, 5.74) is 7.17. The molecule has 0 aliphatic heterocycles. The highest BCUT2D eigenvalue weighted by Crippen LogP contribution is 2.14. The summed E-state index contributed by atoms with van der Waals surface area (Å²) in [6, 6.07) is 13.6. The number of carbonyl (C=O) groups is 1. The zero-order valence-corrected chi connectivity index (χ0v) is 12.0. The van der Waals surface area contributed by atoms with Crippen molar-refractivity contribution < 1.29 is 9.53 Å². The van der Waals surface area contributed by atoms with Crippen LogP contribution in [-0.2, 0) is 11.3 Å². The number of aromatic nitrogens is 1. The number of carbonyl (C=O) groups excluding carboxylic acids is 1. The molecule has 0 saturated heterocycles. The maximum atomic E-state index is 10.6. The van der Waals surface area contributed by atoms with Gasteiger partial charge in [-0.05, 0) is 36.8 Å². The van der Waals surface area contributed by atoms with E-state index in [0.29, 0.717) is 5.75 Å². The maximum absolute atomic E-state index is 10.6. The molecule has 0 aliphatic rings. The third kappa shape index (κ3) is 4.89. The van der Waals surface area contributed by atoms with Crippen molar-refractivity contribution in [2.24, 2.45) is 5.73 Å². The second-order valence-electron chi connectivity index (χ2n) is 4.76. The quantitative estimate of drug-likeness (QED) is 0.813. The van der Waals surface area contributed by atoms with Gasteiger partial charge in [0.2, 0.25) is 0 Å². The van der Waals surface area contributed by atoms with E-state index in [0.717, 1.165) is 17.8 Å². The number of hydrogen-bond acceptors (Lipinski definition) is 4. The van der Waals surface area contributed by atoms with Crippen LogP contribution in [0, 0.1) is 0 Å². The molecule has 1 atom stereocenters. The van der Waals surface area contributed by atoms with E-state index in [2.05, 4.69) is 17.2 Å². The van der Waals surface area contributed by atoms with Crippen molar-refractivity contribution in [3.05, 3.63) is 59.9 Å². The first-order valence-corrected chi connectivity index (χ1v) is 6.79. The Kier molecular flexibility index (Phi) is 5.29. The Hall–Kier alpha value is -2.40. The first-order valence-electron chi connectivity index (χ1n) is 6.79. The first-order chi connectivity index (χ1) is 10.1. The van der Waals surface area contributed by atoms with Gasteiger partial charge in [-0.3, -0.25) is 9.78 Å². The molecular formula is C16H19N3O2. The molecule has 110 valence electrons. The van der Waals surface area contributed by atoms with E-state index in [4.69, 9.17) is 10.5 Å². The van der Waals surface area contributed by atoms with Crippen LogP contribution in [0.5, 0.6) is 5.75 Å². The van der Waals surface area contributed by atoms with Gasteiger partial charge in [-0.15, -0.1) is 0 Å². The Balaban J connectivity index is 1.85. The Morgan fingerprint density at radius 1 is 1.29 bits per heavy atom. The van der Waals surface area contributed by atoms with Gasteiger partial charge >= 0.3 is 0 Å². The van der Waals surface area contributed by atoms with Gasteiger partial charge in [0.25, 0.3) is 5.91 Å². The number of amides is 1. The zero-order chi connectivity index (χ0) is 15.1. The van der Waals surface area contributed by atoms with Crippen molar-refractivity contribution in [3.63, 3.8) is 0 Å². The lowest BCUT2D eigenvalue weighted by Gasteiger charge is -2.13. The first kappa shape index (κ1) is 15.0. The second-order valence-corrected chi connectivity index (χ2v) is 4.76. The lowest BCUT2D eigenvalue weighted by molar-refractivity contribution is -0.119. The van der Waals surface area contributed by atoms with Crippen LogP contribution in [0.4, 0.5) is 0 Å². The molecule has 0 spiro atoms. The van der Waals surface area contributed by atoms with Crippen LogP contribution in [0.15, 0.2) is 48.7 Å². The van der Waals surface area contributed by atoms with E-state index < -0.39 is 5.91 Å². The van der Waals surface area contributed by atoms with E-state index in [1.54, 1.807) is 6.20 Å². The van der Waals surface area contributed by atoms with Crippen LogP contribution in [-0.4, -0.2) is 17.5 Å². The molecule has 5 heteroatoms. The molecule has 0 radical (unpaired) electrons. The van der Waals surface area contributed by atoms with Gasteiger partial charge in [0.05, 0.1) is 5.69 Å². The Morgan fingerprint density at radius 3 is 2.67 bits per heavy atom. The summed E-state index contributed by atoms with van der Waals surface area (Å²) in [7, 11) is 0. The molecule has 0 bridgehead atoms. The fourth-order valence-corrected chi connectivity index (χ4v) is 1.87. The predicted octanol–water partition coefficient (Wildman–Crippen LogP) is 1.80. The molecule has 1 heterocycles. The standard InChI is InChI=1S/C16H19N3O2/c1-12(15-4-2-3-9-18-15)19-10-13-5-7-14(8-6-13)21-11-16(17)20/h2-9,12,19H,10-11H2,1H3,(H2,17,20)/t12-/m1/s1. The third-order valence-electron chi connectivity index (χ3n) is 3.05. The third-order valence-corrected chi connectivity index (χ3v) is 3.05.